The maximum Gasteiger partial charge on any atom is 0.244 e. The standard InChI is InChI=1S/C19H18FN3OS.ClH/c20-14-9-4-5-10-15(14)25-16(13-7-2-1-3-8-13)17-22-18(23-24-17)19(21)11-6-12-19;/h1-5,7-10,16H,6,11-12,21H2;1H. The minimum Gasteiger partial charge on any atom is -0.338 e. The number of hydrogen-bond acceptors (Lipinski definition) is 5. The third-order valence-corrected chi connectivity index (χ3v) is 5.84. The van der Waals surface area contributed by atoms with E-state index in [4.69, 9.17) is 10.3 Å². The third kappa shape index (κ3) is 3.63. The molecule has 1 aliphatic rings. The molecule has 1 aromatic heterocycles. The fraction of sp³-hybridized carbons (Fsp3) is 0.263. The zero-order chi connectivity index (χ0) is 17.3. The Morgan fingerprint density at radius 1 is 1.08 bits per heavy atom. The van der Waals surface area contributed by atoms with Crippen LogP contribution in [-0.4, -0.2) is 10.1 Å². The molecule has 2 aromatic carbocycles. The molecule has 3 aromatic rings. The van der Waals surface area contributed by atoms with Crippen LogP contribution < -0.4 is 5.73 Å². The molecule has 1 aliphatic carbocycles. The quantitative estimate of drug-likeness (QED) is 0.630. The SMILES string of the molecule is Cl.NC1(c2noc(C(Sc3ccccc3F)c3ccccc3)n2)CCC1. The zero-order valence-electron chi connectivity index (χ0n) is 14.0. The molecule has 0 radical (unpaired) electrons. The Hall–Kier alpha value is -1.89. The lowest BCUT2D eigenvalue weighted by atomic mass is 9.77. The van der Waals surface area contributed by atoms with Crippen molar-refractivity contribution in [2.24, 2.45) is 5.73 Å². The summed E-state index contributed by atoms with van der Waals surface area (Å²) in [6, 6.07) is 16.5. The number of rotatable bonds is 5. The molecule has 4 rings (SSSR count). The van der Waals surface area contributed by atoms with Crippen LogP contribution in [0.4, 0.5) is 4.39 Å². The van der Waals surface area contributed by atoms with E-state index in [0.29, 0.717) is 16.6 Å². The van der Waals surface area contributed by atoms with Gasteiger partial charge in [-0.05, 0) is 37.0 Å². The van der Waals surface area contributed by atoms with Crippen molar-refractivity contribution in [3.8, 4) is 0 Å². The third-order valence-electron chi connectivity index (χ3n) is 4.54. The maximum absolute atomic E-state index is 14.1. The van der Waals surface area contributed by atoms with Gasteiger partial charge in [-0.1, -0.05) is 47.6 Å². The van der Waals surface area contributed by atoms with Gasteiger partial charge in [-0.25, -0.2) is 4.39 Å². The van der Waals surface area contributed by atoms with Crippen molar-refractivity contribution in [2.45, 2.75) is 34.9 Å². The van der Waals surface area contributed by atoms with Crippen molar-refractivity contribution >= 4 is 24.2 Å². The van der Waals surface area contributed by atoms with Crippen LogP contribution in [0.25, 0.3) is 0 Å². The zero-order valence-corrected chi connectivity index (χ0v) is 15.6. The van der Waals surface area contributed by atoms with E-state index in [1.807, 2.05) is 36.4 Å². The second-order valence-electron chi connectivity index (χ2n) is 6.30. The van der Waals surface area contributed by atoms with Crippen molar-refractivity contribution in [3.05, 3.63) is 77.7 Å². The van der Waals surface area contributed by atoms with Crippen LogP contribution in [0.15, 0.2) is 64.0 Å². The average molecular weight is 392 g/mol. The molecule has 0 bridgehead atoms. The average Bonchev–Trinajstić information content (AvgIpc) is 3.10. The highest BCUT2D eigenvalue weighted by Gasteiger charge is 2.39. The maximum atomic E-state index is 14.1. The molecular weight excluding hydrogens is 373 g/mol. The molecule has 26 heavy (non-hydrogen) atoms. The summed E-state index contributed by atoms with van der Waals surface area (Å²) in [4.78, 5) is 5.10. The smallest absolute Gasteiger partial charge is 0.244 e. The molecule has 1 heterocycles. The summed E-state index contributed by atoms with van der Waals surface area (Å²) in [6.07, 6.45) is 2.80. The Kier molecular flexibility index (Phi) is 5.65. The fourth-order valence-electron chi connectivity index (χ4n) is 2.88. The van der Waals surface area contributed by atoms with Crippen molar-refractivity contribution in [3.63, 3.8) is 0 Å². The molecule has 1 fully saturated rings. The summed E-state index contributed by atoms with van der Waals surface area (Å²) in [6.45, 7) is 0. The monoisotopic (exact) mass is 391 g/mol. The second-order valence-corrected chi connectivity index (χ2v) is 7.45. The minimum absolute atomic E-state index is 0. The summed E-state index contributed by atoms with van der Waals surface area (Å²) in [7, 11) is 0. The predicted octanol–water partition coefficient (Wildman–Crippen LogP) is 4.85. The molecule has 1 unspecified atom stereocenters. The lowest BCUT2D eigenvalue weighted by Gasteiger charge is -2.34. The highest BCUT2D eigenvalue weighted by Crippen LogP contribution is 2.42. The van der Waals surface area contributed by atoms with Crippen LogP contribution in [-0.2, 0) is 5.54 Å². The van der Waals surface area contributed by atoms with E-state index in [1.165, 1.54) is 17.8 Å². The van der Waals surface area contributed by atoms with E-state index in [0.717, 1.165) is 24.8 Å². The van der Waals surface area contributed by atoms with E-state index in [-0.39, 0.29) is 23.5 Å². The van der Waals surface area contributed by atoms with Crippen LogP contribution in [0.5, 0.6) is 0 Å². The number of nitrogens with two attached hydrogens (primary N) is 1. The van der Waals surface area contributed by atoms with Crippen molar-refractivity contribution in [1.82, 2.24) is 10.1 Å². The van der Waals surface area contributed by atoms with Gasteiger partial charge in [-0.3, -0.25) is 0 Å². The second kappa shape index (κ2) is 7.78. The highest BCUT2D eigenvalue weighted by molar-refractivity contribution is 7.99. The Bertz CT molecular complexity index is 870. The van der Waals surface area contributed by atoms with Crippen LogP contribution in [0.3, 0.4) is 0 Å². The van der Waals surface area contributed by atoms with Gasteiger partial charge in [-0.15, -0.1) is 24.2 Å². The minimum atomic E-state index is -0.481. The number of halogens is 2. The van der Waals surface area contributed by atoms with Gasteiger partial charge in [0.05, 0.1) is 5.54 Å². The van der Waals surface area contributed by atoms with Gasteiger partial charge in [0.1, 0.15) is 11.1 Å². The number of thioether (sulfide) groups is 1. The first kappa shape index (κ1) is 18.9. The lowest BCUT2D eigenvalue weighted by Crippen LogP contribution is -2.44. The van der Waals surface area contributed by atoms with Gasteiger partial charge < -0.3 is 10.3 Å². The molecule has 0 saturated heterocycles. The van der Waals surface area contributed by atoms with E-state index in [2.05, 4.69) is 10.1 Å². The molecule has 7 heteroatoms. The van der Waals surface area contributed by atoms with E-state index in [9.17, 15) is 4.39 Å². The van der Waals surface area contributed by atoms with E-state index < -0.39 is 5.54 Å². The Balaban J connectivity index is 0.00000196. The van der Waals surface area contributed by atoms with Crippen LogP contribution >= 0.6 is 24.2 Å². The Morgan fingerprint density at radius 2 is 1.77 bits per heavy atom. The van der Waals surface area contributed by atoms with Gasteiger partial charge in [0.2, 0.25) is 5.89 Å². The largest absolute Gasteiger partial charge is 0.338 e. The van der Waals surface area contributed by atoms with Crippen molar-refractivity contribution in [2.75, 3.05) is 0 Å². The summed E-state index contributed by atoms with van der Waals surface area (Å²) >= 11 is 1.36. The van der Waals surface area contributed by atoms with Gasteiger partial charge in [0.25, 0.3) is 0 Å². The fourth-order valence-corrected chi connectivity index (χ4v) is 3.96. The molecule has 136 valence electrons. The molecule has 0 aliphatic heterocycles. The first-order valence-electron chi connectivity index (χ1n) is 8.25. The first-order chi connectivity index (χ1) is 12.2. The van der Waals surface area contributed by atoms with E-state index >= 15 is 0 Å². The highest BCUT2D eigenvalue weighted by atomic mass is 35.5. The number of aromatic nitrogens is 2. The first-order valence-corrected chi connectivity index (χ1v) is 9.13. The van der Waals surface area contributed by atoms with Gasteiger partial charge in [0.15, 0.2) is 5.82 Å². The number of benzene rings is 2. The van der Waals surface area contributed by atoms with Crippen LogP contribution in [0.1, 0.15) is 41.8 Å². The van der Waals surface area contributed by atoms with E-state index in [1.54, 1.807) is 12.1 Å². The number of hydrogen-bond donors (Lipinski definition) is 1. The van der Waals surface area contributed by atoms with Gasteiger partial charge in [-0.2, -0.15) is 4.98 Å². The lowest BCUT2D eigenvalue weighted by molar-refractivity contribution is 0.229. The van der Waals surface area contributed by atoms with Crippen LogP contribution in [0.2, 0.25) is 0 Å². The number of nitrogens with zero attached hydrogens (tertiary/aromatic N) is 2. The predicted molar refractivity (Wildman–Crippen MR) is 102 cm³/mol. The molecule has 1 saturated carbocycles. The molecular formula is C19H19ClFN3OS. The molecule has 2 N–H and O–H groups in total. The molecule has 4 nitrogen and oxygen atoms in total. The summed E-state index contributed by atoms with van der Waals surface area (Å²) in [5, 5.41) is 3.81. The molecule has 0 amide bonds. The van der Waals surface area contributed by atoms with Crippen LogP contribution in [0, 0.1) is 5.82 Å². The molecule has 1 atom stereocenters. The topological polar surface area (TPSA) is 64.9 Å². The van der Waals surface area contributed by atoms with Crippen molar-refractivity contribution in [1.29, 1.82) is 0 Å². The summed E-state index contributed by atoms with van der Waals surface area (Å²) in [5.41, 5.74) is 6.80. The Labute approximate surface area is 161 Å². The van der Waals surface area contributed by atoms with Gasteiger partial charge >= 0.3 is 0 Å². The summed E-state index contributed by atoms with van der Waals surface area (Å²) < 4.78 is 19.7. The van der Waals surface area contributed by atoms with Gasteiger partial charge in [0, 0.05) is 4.90 Å². The molecule has 0 spiro atoms. The Morgan fingerprint density at radius 3 is 2.42 bits per heavy atom. The van der Waals surface area contributed by atoms with Crippen molar-refractivity contribution < 1.29 is 8.91 Å². The normalized spacial score (nSPS) is 16.4. The summed E-state index contributed by atoms with van der Waals surface area (Å²) in [5.74, 6) is 0.734.